The van der Waals surface area contributed by atoms with Crippen LogP contribution in [0.3, 0.4) is 0 Å². The van der Waals surface area contributed by atoms with E-state index in [0.717, 1.165) is 54.0 Å². The second kappa shape index (κ2) is 8.46. The number of nitrogens with zero attached hydrogens (tertiary/aromatic N) is 3. The predicted molar refractivity (Wildman–Crippen MR) is 114 cm³/mol. The van der Waals surface area contributed by atoms with Crippen molar-refractivity contribution >= 4 is 40.4 Å². The highest BCUT2D eigenvalue weighted by molar-refractivity contribution is 6.31. The number of para-hydroxylation sites is 2. The van der Waals surface area contributed by atoms with Gasteiger partial charge in [0, 0.05) is 30.0 Å². The molecule has 0 spiro atoms. The van der Waals surface area contributed by atoms with Gasteiger partial charge in [-0.1, -0.05) is 29.8 Å². The smallest absolute Gasteiger partial charge is 0.229 e. The first-order chi connectivity index (χ1) is 13.7. The number of ether oxygens (including phenoxy) is 1. The summed E-state index contributed by atoms with van der Waals surface area (Å²) < 4.78 is 5.47. The quantitative estimate of drug-likeness (QED) is 0.649. The molecule has 0 bridgehead atoms. The average Bonchev–Trinajstić information content (AvgIpc) is 2.73. The molecule has 6 nitrogen and oxygen atoms in total. The molecule has 1 aliphatic rings. The number of morpholine rings is 1. The van der Waals surface area contributed by atoms with Crippen LogP contribution in [0.4, 0.5) is 28.8 Å². The fourth-order valence-electron chi connectivity index (χ4n) is 3.15. The minimum absolute atomic E-state index is 0.533. The molecule has 2 heterocycles. The van der Waals surface area contributed by atoms with Gasteiger partial charge in [-0.2, -0.15) is 4.98 Å². The largest absolute Gasteiger partial charge is 0.378 e. The maximum atomic E-state index is 6.21. The summed E-state index contributed by atoms with van der Waals surface area (Å²) in [5.74, 6) is 1.23. The SMILES string of the molecule is Cc1c(Cl)cccc1Nc1ccnc(Nc2ccccc2N2CCOCC2)n1. The van der Waals surface area contributed by atoms with Crippen LogP contribution in [-0.4, -0.2) is 36.3 Å². The molecule has 144 valence electrons. The lowest BCUT2D eigenvalue weighted by atomic mass is 10.2. The molecule has 2 N–H and O–H groups in total. The van der Waals surface area contributed by atoms with Crippen molar-refractivity contribution in [3.05, 3.63) is 65.3 Å². The van der Waals surface area contributed by atoms with Gasteiger partial charge in [0.1, 0.15) is 5.82 Å². The van der Waals surface area contributed by atoms with Crippen LogP contribution >= 0.6 is 11.6 Å². The number of halogens is 1. The summed E-state index contributed by atoms with van der Waals surface area (Å²) in [6, 6.07) is 15.8. The molecule has 0 radical (unpaired) electrons. The van der Waals surface area contributed by atoms with E-state index >= 15 is 0 Å². The van der Waals surface area contributed by atoms with Crippen LogP contribution in [0.5, 0.6) is 0 Å². The predicted octanol–water partition coefficient (Wildman–Crippen LogP) is 4.76. The van der Waals surface area contributed by atoms with Crippen LogP contribution in [0.1, 0.15) is 5.56 Å². The number of nitrogens with one attached hydrogen (secondary N) is 2. The summed E-state index contributed by atoms with van der Waals surface area (Å²) >= 11 is 6.21. The zero-order chi connectivity index (χ0) is 19.3. The zero-order valence-corrected chi connectivity index (χ0v) is 16.4. The number of rotatable bonds is 5. The number of anilines is 5. The monoisotopic (exact) mass is 395 g/mol. The number of benzene rings is 2. The van der Waals surface area contributed by atoms with Crippen molar-refractivity contribution in [2.45, 2.75) is 6.92 Å². The van der Waals surface area contributed by atoms with Gasteiger partial charge in [0.2, 0.25) is 5.95 Å². The summed E-state index contributed by atoms with van der Waals surface area (Å²) in [6.07, 6.45) is 1.73. The standard InChI is InChI=1S/C21H22ClN5O/c1-15-16(22)5-4-7-17(15)24-20-9-10-23-21(26-20)25-18-6-2-3-8-19(18)27-11-13-28-14-12-27/h2-10H,11-14H2,1H3,(H2,23,24,25,26). The first-order valence-electron chi connectivity index (χ1n) is 9.24. The average molecular weight is 396 g/mol. The normalized spacial score (nSPS) is 14.0. The van der Waals surface area contributed by atoms with E-state index in [1.54, 1.807) is 6.20 Å². The van der Waals surface area contributed by atoms with E-state index in [-0.39, 0.29) is 0 Å². The van der Waals surface area contributed by atoms with Gasteiger partial charge in [-0.05, 0) is 42.8 Å². The van der Waals surface area contributed by atoms with Gasteiger partial charge in [0.05, 0.1) is 24.6 Å². The highest BCUT2D eigenvalue weighted by Gasteiger charge is 2.15. The van der Waals surface area contributed by atoms with Crippen molar-refractivity contribution in [3.8, 4) is 0 Å². The molecule has 7 heteroatoms. The fourth-order valence-corrected chi connectivity index (χ4v) is 3.32. The molecule has 1 saturated heterocycles. The van der Waals surface area contributed by atoms with Crippen molar-refractivity contribution in [1.82, 2.24) is 9.97 Å². The van der Waals surface area contributed by atoms with E-state index in [4.69, 9.17) is 16.3 Å². The van der Waals surface area contributed by atoms with Crippen LogP contribution < -0.4 is 15.5 Å². The topological polar surface area (TPSA) is 62.3 Å². The third-order valence-corrected chi connectivity index (χ3v) is 5.10. The number of hydrogen-bond donors (Lipinski definition) is 2. The Kier molecular flexibility index (Phi) is 5.60. The summed E-state index contributed by atoms with van der Waals surface area (Å²) in [4.78, 5) is 11.3. The van der Waals surface area contributed by atoms with Gasteiger partial charge in [-0.25, -0.2) is 4.98 Å². The van der Waals surface area contributed by atoms with Crippen molar-refractivity contribution in [1.29, 1.82) is 0 Å². The first-order valence-corrected chi connectivity index (χ1v) is 9.62. The molecule has 0 atom stereocenters. The van der Waals surface area contributed by atoms with Crippen molar-refractivity contribution in [2.24, 2.45) is 0 Å². The molecule has 0 saturated carbocycles. The van der Waals surface area contributed by atoms with E-state index < -0.39 is 0 Å². The molecule has 2 aromatic carbocycles. The lowest BCUT2D eigenvalue weighted by Gasteiger charge is -2.30. The second-order valence-electron chi connectivity index (χ2n) is 6.54. The lowest BCUT2D eigenvalue weighted by molar-refractivity contribution is 0.123. The lowest BCUT2D eigenvalue weighted by Crippen LogP contribution is -2.36. The Hall–Kier alpha value is -2.83. The summed E-state index contributed by atoms with van der Waals surface area (Å²) in [7, 11) is 0. The van der Waals surface area contributed by atoms with Crippen molar-refractivity contribution in [2.75, 3.05) is 41.8 Å². The molecule has 4 rings (SSSR count). The Morgan fingerprint density at radius 3 is 2.61 bits per heavy atom. The molecular weight excluding hydrogens is 374 g/mol. The molecule has 1 aliphatic heterocycles. The summed E-state index contributed by atoms with van der Waals surface area (Å²) in [5.41, 5.74) is 4.00. The van der Waals surface area contributed by atoms with E-state index in [2.05, 4.69) is 31.6 Å². The molecule has 0 unspecified atom stereocenters. The first kappa shape index (κ1) is 18.5. The highest BCUT2D eigenvalue weighted by atomic mass is 35.5. The maximum Gasteiger partial charge on any atom is 0.229 e. The van der Waals surface area contributed by atoms with Gasteiger partial charge >= 0.3 is 0 Å². The molecule has 0 aliphatic carbocycles. The summed E-state index contributed by atoms with van der Waals surface area (Å²) in [5, 5.41) is 7.39. The fraction of sp³-hybridized carbons (Fsp3) is 0.238. The van der Waals surface area contributed by atoms with E-state index in [9.17, 15) is 0 Å². The molecule has 1 fully saturated rings. The molecule has 28 heavy (non-hydrogen) atoms. The zero-order valence-electron chi connectivity index (χ0n) is 15.7. The van der Waals surface area contributed by atoms with E-state index in [1.807, 2.05) is 49.4 Å². The Morgan fingerprint density at radius 1 is 0.964 bits per heavy atom. The highest BCUT2D eigenvalue weighted by Crippen LogP contribution is 2.29. The molecule has 3 aromatic rings. The van der Waals surface area contributed by atoms with Gasteiger partial charge in [0.25, 0.3) is 0 Å². The van der Waals surface area contributed by atoms with Gasteiger partial charge < -0.3 is 20.3 Å². The van der Waals surface area contributed by atoms with Gasteiger partial charge in [0.15, 0.2) is 0 Å². The Bertz CT molecular complexity index is 959. The van der Waals surface area contributed by atoms with Crippen molar-refractivity contribution < 1.29 is 4.74 Å². The Labute approximate surface area is 169 Å². The van der Waals surface area contributed by atoms with E-state index in [1.165, 1.54) is 0 Å². The Balaban J connectivity index is 1.55. The van der Waals surface area contributed by atoms with Gasteiger partial charge in [-0.15, -0.1) is 0 Å². The molecule has 1 aromatic heterocycles. The van der Waals surface area contributed by atoms with Crippen LogP contribution in [-0.2, 0) is 4.74 Å². The summed E-state index contributed by atoms with van der Waals surface area (Å²) in [6.45, 7) is 5.19. The van der Waals surface area contributed by atoms with Crippen molar-refractivity contribution in [3.63, 3.8) is 0 Å². The Morgan fingerprint density at radius 2 is 1.75 bits per heavy atom. The maximum absolute atomic E-state index is 6.21. The van der Waals surface area contributed by atoms with Crippen LogP contribution in [0.25, 0.3) is 0 Å². The third kappa shape index (κ3) is 4.18. The number of hydrogen-bond acceptors (Lipinski definition) is 6. The molecular formula is C21H22ClN5O. The molecule has 0 amide bonds. The minimum atomic E-state index is 0.533. The second-order valence-corrected chi connectivity index (χ2v) is 6.95. The third-order valence-electron chi connectivity index (χ3n) is 4.69. The minimum Gasteiger partial charge on any atom is -0.378 e. The van der Waals surface area contributed by atoms with Crippen LogP contribution in [0, 0.1) is 6.92 Å². The number of aromatic nitrogens is 2. The van der Waals surface area contributed by atoms with Crippen LogP contribution in [0.15, 0.2) is 54.7 Å². The van der Waals surface area contributed by atoms with E-state index in [0.29, 0.717) is 11.8 Å². The van der Waals surface area contributed by atoms with Gasteiger partial charge in [-0.3, -0.25) is 0 Å². The van der Waals surface area contributed by atoms with Crippen LogP contribution in [0.2, 0.25) is 5.02 Å².